The second-order valence-electron chi connectivity index (χ2n) is 3.15. The van der Waals surface area contributed by atoms with Gasteiger partial charge in [0.05, 0.1) is 11.1 Å². The summed E-state index contributed by atoms with van der Waals surface area (Å²) < 4.78 is 4.14. The molecule has 2 rings (SSSR count). The largest absolute Gasteiger partial charge is 0.423 e. The molecule has 0 aliphatic heterocycles. The Bertz CT molecular complexity index is 422. The minimum Gasteiger partial charge on any atom is -0.0824 e. The average Bonchev–Trinajstić information content (AvgIpc) is 2.32. The maximum Gasteiger partial charge on any atom is 0.423 e. The Labute approximate surface area is 89.5 Å². The lowest BCUT2D eigenvalue weighted by atomic mass is 10.2. The van der Waals surface area contributed by atoms with E-state index in [1.807, 2.05) is 60.7 Å². The molecule has 0 heterocycles. The van der Waals surface area contributed by atoms with Crippen LogP contribution >= 0.6 is 0 Å². The maximum atomic E-state index is 4.14. The monoisotopic (exact) mass is 193 g/mol. The Morgan fingerprint density at radius 3 is 2.07 bits per heavy atom. The van der Waals surface area contributed by atoms with E-state index in [4.69, 9.17) is 0 Å². The fraction of sp³-hybridized carbons (Fsp3) is 0. The molecular weight excluding hydrogens is 182 g/mol. The van der Waals surface area contributed by atoms with Crippen molar-refractivity contribution < 1.29 is 0 Å². The first-order valence-corrected chi connectivity index (χ1v) is 4.84. The van der Waals surface area contributed by atoms with Crippen molar-refractivity contribution in [2.75, 3.05) is 0 Å². The first-order chi connectivity index (χ1) is 7.45. The lowest BCUT2D eigenvalue weighted by molar-refractivity contribution is 1.60. The molecule has 0 saturated heterocycles. The molecule has 2 aromatic carbocycles. The van der Waals surface area contributed by atoms with Crippen molar-refractivity contribution in [2.24, 2.45) is 0 Å². The summed E-state index contributed by atoms with van der Waals surface area (Å²) in [4.78, 5) is 0. The van der Waals surface area contributed by atoms with Crippen molar-refractivity contribution in [3.63, 3.8) is 0 Å². The third kappa shape index (κ3) is 2.94. The van der Waals surface area contributed by atoms with E-state index in [1.165, 1.54) is 0 Å². The van der Waals surface area contributed by atoms with E-state index in [1.54, 1.807) is 6.21 Å². The molecule has 0 N–H and O–H groups in total. The molecule has 0 aliphatic rings. The molecular formula is C14H11N+. The van der Waals surface area contributed by atoms with Gasteiger partial charge in [0.15, 0.2) is 0 Å². The number of hydrogen-bond donors (Lipinski definition) is 0. The Morgan fingerprint density at radius 2 is 1.40 bits per heavy atom. The van der Waals surface area contributed by atoms with Crippen molar-refractivity contribution in [3.8, 4) is 0 Å². The van der Waals surface area contributed by atoms with Crippen LogP contribution in [0.15, 0.2) is 60.7 Å². The molecule has 1 radical (unpaired) electrons. The van der Waals surface area contributed by atoms with Crippen LogP contribution in [0.2, 0.25) is 0 Å². The normalized spacial score (nSPS) is 9.07. The molecule has 0 unspecified atom stereocenters. The Kier molecular flexibility index (Phi) is 3.11. The van der Waals surface area contributed by atoms with Gasteiger partial charge in [-0.05, 0) is 24.3 Å². The fourth-order valence-corrected chi connectivity index (χ4v) is 1.23. The lowest BCUT2D eigenvalue weighted by Crippen LogP contribution is -1.87. The third-order valence-electron chi connectivity index (χ3n) is 1.98. The van der Waals surface area contributed by atoms with E-state index >= 15 is 0 Å². The lowest BCUT2D eigenvalue weighted by Gasteiger charge is -1.80. The van der Waals surface area contributed by atoms with Gasteiger partial charge in [-0.15, -0.1) is 0 Å². The van der Waals surface area contributed by atoms with Crippen LogP contribution in [-0.2, 0) is 0 Å². The van der Waals surface area contributed by atoms with Crippen molar-refractivity contribution in [1.29, 1.82) is 0 Å². The molecule has 0 aliphatic carbocycles. The van der Waals surface area contributed by atoms with Gasteiger partial charge in [-0.1, -0.05) is 41.1 Å². The van der Waals surface area contributed by atoms with Crippen LogP contribution in [0, 0.1) is 0 Å². The van der Waals surface area contributed by atoms with E-state index < -0.39 is 0 Å². The summed E-state index contributed by atoms with van der Waals surface area (Å²) in [5.41, 5.74) is 2.07. The Balaban J connectivity index is 2.16. The highest BCUT2D eigenvalue weighted by molar-refractivity contribution is 5.86. The van der Waals surface area contributed by atoms with E-state index in [9.17, 15) is 0 Å². The van der Waals surface area contributed by atoms with Crippen molar-refractivity contribution >= 4 is 12.4 Å². The Hall–Kier alpha value is -2.11. The molecule has 0 amide bonds. The van der Waals surface area contributed by atoms with Crippen molar-refractivity contribution in [2.45, 2.75) is 0 Å². The zero-order valence-corrected chi connectivity index (χ0v) is 8.30. The second kappa shape index (κ2) is 4.94. The highest BCUT2D eigenvalue weighted by Gasteiger charge is 1.93. The van der Waals surface area contributed by atoms with Gasteiger partial charge in [0, 0.05) is 0 Å². The van der Waals surface area contributed by atoms with Crippen molar-refractivity contribution in [1.82, 2.24) is 4.67 Å². The summed E-state index contributed by atoms with van der Waals surface area (Å²) in [6.45, 7) is 0. The van der Waals surface area contributed by atoms with E-state index in [0.717, 1.165) is 11.1 Å². The summed E-state index contributed by atoms with van der Waals surface area (Å²) in [7, 11) is 0. The fourth-order valence-electron chi connectivity index (χ4n) is 1.23. The van der Waals surface area contributed by atoms with E-state index in [-0.39, 0.29) is 0 Å². The summed E-state index contributed by atoms with van der Waals surface area (Å²) >= 11 is 0. The van der Waals surface area contributed by atoms with Gasteiger partial charge in [-0.2, -0.15) is 0 Å². The van der Waals surface area contributed by atoms with Gasteiger partial charge < -0.3 is 0 Å². The quantitative estimate of drug-likeness (QED) is 0.512. The van der Waals surface area contributed by atoms with Crippen molar-refractivity contribution in [3.05, 3.63) is 71.8 Å². The van der Waals surface area contributed by atoms with Crippen LogP contribution in [0.25, 0.3) is 0 Å². The predicted octanol–water partition coefficient (Wildman–Crippen LogP) is 2.17. The molecule has 71 valence electrons. The smallest absolute Gasteiger partial charge is 0.0824 e. The predicted molar refractivity (Wildman–Crippen MR) is 64.3 cm³/mol. The molecule has 0 saturated carbocycles. The topological polar surface area (TPSA) is 14.1 Å². The molecule has 0 spiro atoms. The van der Waals surface area contributed by atoms with Crippen LogP contribution in [0.1, 0.15) is 11.1 Å². The summed E-state index contributed by atoms with van der Waals surface area (Å²) in [5.74, 6) is 0. The SMILES string of the molecule is [C](=[N+]=Cc1ccccc1)c1ccccc1. The highest BCUT2D eigenvalue weighted by Crippen LogP contribution is 1.93. The van der Waals surface area contributed by atoms with Crippen LogP contribution in [0.4, 0.5) is 0 Å². The molecule has 1 heteroatoms. The van der Waals surface area contributed by atoms with Gasteiger partial charge in [0.2, 0.25) is 0 Å². The van der Waals surface area contributed by atoms with Crippen LogP contribution in [0.5, 0.6) is 0 Å². The first kappa shape index (κ1) is 9.45. The number of nitrogens with zero attached hydrogens (tertiary/aromatic N) is 1. The van der Waals surface area contributed by atoms with Gasteiger partial charge in [0.1, 0.15) is 0 Å². The second-order valence-corrected chi connectivity index (χ2v) is 3.15. The third-order valence-corrected chi connectivity index (χ3v) is 1.98. The minimum absolute atomic E-state index is 0.990. The molecule has 0 atom stereocenters. The van der Waals surface area contributed by atoms with Crippen LogP contribution < -0.4 is 4.67 Å². The summed E-state index contributed by atoms with van der Waals surface area (Å²) in [6, 6.07) is 19.9. The van der Waals surface area contributed by atoms with Gasteiger partial charge in [-0.25, -0.2) is 0 Å². The average molecular weight is 193 g/mol. The zero-order valence-electron chi connectivity index (χ0n) is 8.30. The molecule has 15 heavy (non-hydrogen) atoms. The van der Waals surface area contributed by atoms with Crippen LogP contribution in [0.3, 0.4) is 0 Å². The molecule has 2 aromatic rings. The summed E-state index contributed by atoms with van der Waals surface area (Å²) in [6.07, 6.45) is 4.76. The maximum absolute atomic E-state index is 4.14. The highest BCUT2D eigenvalue weighted by atomic mass is 14.5. The van der Waals surface area contributed by atoms with E-state index in [0.29, 0.717) is 0 Å². The number of benzene rings is 2. The van der Waals surface area contributed by atoms with Crippen LogP contribution in [-0.4, -0.2) is 12.4 Å². The number of rotatable bonds is 2. The van der Waals surface area contributed by atoms with Gasteiger partial charge in [-0.3, -0.25) is 0 Å². The summed E-state index contributed by atoms with van der Waals surface area (Å²) in [5, 5.41) is 0. The van der Waals surface area contributed by atoms with E-state index in [2.05, 4.69) is 10.9 Å². The standard InChI is InChI=1S/C14H11N/c1-3-7-13(8-4-1)11-15-12-14-9-5-2-6-10-14/h1-11H/q+1. The van der Waals surface area contributed by atoms with Gasteiger partial charge >= 0.3 is 12.4 Å². The minimum atomic E-state index is 0.990. The first-order valence-electron chi connectivity index (χ1n) is 4.84. The van der Waals surface area contributed by atoms with Gasteiger partial charge in [0.25, 0.3) is 0 Å². The zero-order chi connectivity index (χ0) is 10.3. The molecule has 0 aromatic heterocycles. The Morgan fingerprint density at radius 1 is 0.800 bits per heavy atom. The number of hydrogen-bond acceptors (Lipinski definition) is 0. The molecule has 0 fully saturated rings. The molecule has 0 bridgehead atoms. The molecule has 1 nitrogen and oxygen atoms in total.